The number of thiophene rings is 1. The molecule has 0 aliphatic rings. The molecule has 1 amide bonds. The van der Waals surface area contributed by atoms with Crippen LogP contribution in [0.25, 0.3) is 0 Å². The van der Waals surface area contributed by atoms with Crippen molar-refractivity contribution in [1.82, 2.24) is 0 Å². The Balaban J connectivity index is 2.04. The predicted molar refractivity (Wildman–Crippen MR) is 96.4 cm³/mol. The summed E-state index contributed by atoms with van der Waals surface area (Å²) in [7, 11) is -3.80. The van der Waals surface area contributed by atoms with Crippen LogP contribution >= 0.6 is 23.1 Å². The SMILES string of the molecule is Cc1cc(S(N)(=O)=O)cc(NC(=O)CSCc2cccs2)c1C. The second-order valence-corrected chi connectivity index (χ2v) is 8.66. The fourth-order valence-electron chi connectivity index (χ4n) is 1.95. The largest absolute Gasteiger partial charge is 0.325 e. The zero-order chi connectivity index (χ0) is 17.0. The van der Waals surface area contributed by atoms with Crippen molar-refractivity contribution in [2.24, 2.45) is 5.14 Å². The quantitative estimate of drug-likeness (QED) is 0.818. The van der Waals surface area contributed by atoms with E-state index in [1.807, 2.05) is 24.4 Å². The molecule has 0 unspecified atom stereocenters. The monoisotopic (exact) mass is 370 g/mol. The zero-order valence-corrected chi connectivity index (χ0v) is 15.3. The average molecular weight is 371 g/mol. The minimum absolute atomic E-state index is 0.00198. The second-order valence-electron chi connectivity index (χ2n) is 5.08. The lowest BCUT2D eigenvalue weighted by molar-refractivity contribution is -0.113. The van der Waals surface area contributed by atoms with E-state index in [1.54, 1.807) is 18.3 Å². The molecule has 1 aromatic carbocycles. The number of sulfonamides is 1. The average Bonchev–Trinajstić information content (AvgIpc) is 2.95. The maximum Gasteiger partial charge on any atom is 0.238 e. The summed E-state index contributed by atoms with van der Waals surface area (Å²) < 4.78 is 23.0. The molecule has 1 aromatic heterocycles. The number of aryl methyl sites for hydroxylation is 1. The van der Waals surface area contributed by atoms with Gasteiger partial charge in [0.05, 0.1) is 10.6 Å². The van der Waals surface area contributed by atoms with Gasteiger partial charge in [0, 0.05) is 16.3 Å². The molecule has 0 atom stereocenters. The lowest BCUT2D eigenvalue weighted by atomic mass is 10.1. The molecule has 0 saturated carbocycles. The van der Waals surface area contributed by atoms with E-state index >= 15 is 0 Å². The first kappa shape index (κ1) is 18.0. The summed E-state index contributed by atoms with van der Waals surface area (Å²) in [5.41, 5.74) is 2.07. The van der Waals surface area contributed by atoms with E-state index in [0.717, 1.165) is 16.9 Å². The molecule has 2 aromatic rings. The van der Waals surface area contributed by atoms with Crippen molar-refractivity contribution in [1.29, 1.82) is 0 Å². The van der Waals surface area contributed by atoms with Gasteiger partial charge >= 0.3 is 0 Å². The summed E-state index contributed by atoms with van der Waals surface area (Å²) in [5.74, 6) is 0.914. The van der Waals surface area contributed by atoms with Crippen LogP contribution in [0.4, 0.5) is 5.69 Å². The Kier molecular flexibility index (Phi) is 5.85. The van der Waals surface area contributed by atoms with Crippen LogP contribution in [0.15, 0.2) is 34.5 Å². The second kappa shape index (κ2) is 7.48. The number of amides is 1. The fourth-order valence-corrected chi connectivity index (χ4v) is 4.24. The van der Waals surface area contributed by atoms with E-state index in [0.29, 0.717) is 11.4 Å². The lowest BCUT2D eigenvalue weighted by Gasteiger charge is -2.12. The number of thioether (sulfide) groups is 1. The molecule has 0 bridgehead atoms. The highest BCUT2D eigenvalue weighted by atomic mass is 32.2. The molecule has 1 heterocycles. The topological polar surface area (TPSA) is 89.3 Å². The molecular weight excluding hydrogens is 352 g/mol. The Morgan fingerprint density at radius 1 is 1.35 bits per heavy atom. The maximum atomic E-state index is 12.1. The Morgan fingerprint density at radius 2 is 2.09 bits per heavy atom. The Hall–Kier alpha value is -1.35. The number of anilines is 1. The molecule has 0 fully saturated rings. The van der Waals surface area contributed by atoms with Gasteiger partial charge in [-0.2, -0.15) is 0 Å². The molecule has 23 heavy (non-hydrogen) atoms. The third-order valence-electron chi connectivity index (χ3n) is 3.30. The van der Waals surface area contributed by atoms with Crippen molar-refractivity contribution >= 4 is 44.7 Å². The molecule has 0 aliphatic carbocycles. The molecule has 3 N–H and O–H groups in total. The van der Waals surface area contributed by atoms with Crippen LogP contribution in [0.2, 0.25) is 0 Å². The standard InChI is InChI=1S/C15H18N2O3S3/c1-10-6-13(23(16,19)20)7-14(11(10)2)17-15(18)9-21-8-12-4-3-5-22-12/h3-7H,8-9H2,1-2H3,(H,17,18)(H2,16,19,20). The van der Waals surface area contributed by atoms with Crippen molar-refractivity contribution in [3.05, 3.63) is 45.6 Å². The highest BCUT2D eigenvalue weighted by Crippen LogP contribution is 2.24. The van der Waals surface area contributed by atoms with Gasteiger partial charge in [-0.3, -0.25) is 4.79 Å². The number of hydrogen-bond acceptors (Lipinski definition) is 5. The molecule has 0 saturated heterocycles. The number of carbonyl (C=O) groups excluding carboxylic acids is 1. The Bertz CT molecular complexity index is 800. The van der Waals surface area contributed by atoms with Crippen LogP contribution in [0.1, 0.15) is 16.0 Å². The van der Waals surface area contributed by atoms with E-state index in [1.165, 1.54) is 28.8 Å². The number of rotatable bonds is 6. The van der Waals surface area contributed by atoms with Gasteiger partial charge in [-0.15, -0.1) is 23.1 Å². The number of primary sulfonamides is 1. The van der Waals surface area contributed by atoms with Crippen molar-refractivity contribution in [3.63, 3.8) is 0 Å². The molecule has 2 rings (SSSR count). The van der Waals surface area contributed by atoms with Gasteiger partial charge in [-0.1, -0.05) is 6.07 Å². The molecule has 0 radical (unpaired) electrons. The lowest BCUT2D eigenvalue weighted by Crippen LogP contribution is -2.17. The Labute approximate surface area is 144 Å². The van der Waals surface area contributed by atoms with Crippen molar-refractivity contribution in [2.45, 2.75) is 24.5 Å². The van der Waals surface area contributed by atoms with E-state index in [4.69, 9.17) is 5.14 Å². The highest BCUT2D eigenvalue weighted by molar-refractivity contribution is 7.99. The van der Waals surface area contributed by atoms with Gasteiger partial charge < -0.3 is 5.32 Å². The van der Waals surface area contributed by atoms with Crippen LogP contribution in [0, 0.1) is 13.8 Å². The normalized spacial score (nSPS) is 11.4. The van der Waals surface area contributed by atoms with Crippen LogP contribution < -0.4 is 10.5 Å². The Morgan fingerprint density at radius 3 is 2.70 bits per heavy atom. The van der Waals surface area contributed by atoms with Gasteiger partial charge in [0.15, 0.2) is 0 Å². The number of hydrogen-bond donors (Lipinski definition) is 2. The predicted octanol–water partition coefficient (Wildman–Crippen LogP) is 2.88. The third kappa shape index (κ3) is 5.07. The van der Waals surface area contributed by atoms with Crippen LogP contribution in [-0.2, 0) is 20.6 Å². The van der Waals surface area contributed by atoms with Gasteiger partial charge in [-0.05, 0) is 48.6 Å². The van der Waals surface area contributed by atoms with E-state index < -0.39 is 10.0 Å². The molecule has 0 spiro atoms. The summed E-state index contributed by atoms with van der Waals surface area (Å²) in [5, 5.41) is 9.93. The maximum absolute atomic E-state index is 12.1. The van der Waals surface area contributed by atoms with Gasteiger partial charge in [0.2, 0.25) is 15.9 Å². The summed E-state index contributed by atoms with van der Waals surface area (Å²) in [6, 6.07) is 6.91. The van der Waals surface area contributed by atoms with Crippen LogP contribution in [-0.4, -0.2) is 20.1 Å². The summed E-state index contributed by atoms with van der Waals surface area (Å²) in [6.07, 6.45) is 0. The first-order chi connectivity index (χ1) is 10.8. The molecular formula is C15H18N2O3S3. The smallest absolute Gasteiger partial charge is 0.238 e. The zero-order valence-electron chi connectivity index (χ0n) is 12.8. The van der Waals surface area contributed by atoms with Crippen molar-refractivity contribution < 1.29 is 13.2 Å². The van der Waals surface area contributed by atoms with Gasteiger partial charge in [0.25, 0.3) is 0 Å². The minimum atomic E-state index is -3.80. The highest BCUT2D eigenvalue weighted by Gasteiger charge is 2.14. The van der Waals surface area contributed by atoms with Crippen molar-refractivity contribution in [3.8, 4) is 0 Å². The van der Waals surface area contributed by atoms with E-state index in [2.05, 4.69) is 5.32 Å². The van der Waals surface area contributed by atoms with Gasteiger partial charge in [-0.25, -0.2) is 13.6 Å². The molecule has 5 nitrogen and oxygen atoms in total. The first-order valence-electron chi connectivity index (χ1n) is 6.81. The van der Waals surface area contributed by atoms with Crippen LogP contribution in [0.5, 0.6) is 0 Å². The van der Waals surface area contributed by atoms with Crippen LogP contribution in [0.3, 0.4) is 0 Å². The third-order valence-corrected chi connectivity index (χ3v) is 6.23. The van der Waals surface area contributed by atoms with E-state index in [-0.39, 0.29) is 10.8 Å². The summed E-state index contributed by atoms with van der Waals surface area (Å²) in [4.78, 5) is 13.3. The fraction of sp³-hybridized carbons (Fsp3) is 0.267. The summed E-state index contributed by atoms with van der Waals surface area (Å²) in [6.45, 7) is 3.61. The molecule has 8 heteroatoms. The first-order valence-corrected chi connectivity index (χ1v) is 10.4. The summed E-state index contributed by atoms with van der Waals surface area (Å²) >= 11 is 3.17. The van der Waals surface area contributed by atoms with Gasteiger partial charge in [0.1, 0.15) is 0 Å². The van der Waals surface area contributed by atoms with Crippen molar-refractivity contribution in [2.75, 3.05) is 11.1 Å². The number of nitrogens with one attached hydrogen (secondary N) is 1. The molecule has 124 valence electrons. The molecule has 0 aliphatic heterocycles. The number of nitrogens with two attached hydrogens (primary N) is 1. The minimum Gasteiger partial charge on any atom is -0.325 e. The number of carbonyl (C=O) groups is 1. The number of benzene rings is 1. The van der Waals surface area contributed by atoms with E-state index in [9.17, 15) is 13.2 Å².